The summed E-state index contributed by atoms with van der Waals surface area (Å²) in [6, 6.07) is 9.17. The Hall–Kier alpha value is -0.380. The average Bonchev–Trinajstić information content (AvgIpc) is 2.78. The third-order valence-corrected chi connectivity index (χ3v) is 4.16. The van der Waals surface area contributed by atoms with Gasteiger partial charge in [-0.1, -0.05) is 35.0 Å². The molecule has 0 spiro atoms. The van der Waals surface area contributed by atoms with Crippen LogP contribution in [0.1, 0.15) is 25.8 Å². The number of benzene rings is 1. The zero-order valence-electron chi connectivity index (χ0n) is 11.2. The van der Waals surface area contributed by atoms with Crippen LogP contribution < -0.4 is 5.32 Å². The van der Waals surface area contributed by atoms with Gasteiger partial charge in [-0.05, 0) is 44.0 Å². The van der Waals surface area contributed by atoms with Crippen molar-refractivity contribution in [2.45, 2.75) is 38.8 Å². The van der Waals surface area contributed by atoms with E-state index in [0.717, 1.165) is 24.0 Å². The first kappa shape index (κ1) is 14.0. The van der Waals surface area contributed by atoms with E-state index in [-0.39, 0.29) is 0 Å². The van der Waals surface area contributed by atoms with Crippen LogP contribution >= 0.6 is 15.9 Å². The molecule has 1 aliphatic rings. The molecule has 3 heteroatoms. The van der Waals surface area contributed by atoms with Gasteiger partial charge >= 0.3 is 0 Å². The fourth-order valence-electron chi connectivity index (χ4n) is 2.67. The van der Waals surface area contributed by atoms with Crippen molar-refractivity contribution in [3.8, 4) is 0 Å². The zero-order valence-corrected chi connectivity index (χ0v) is 12.7. The third-order valence-electron chi connectivity index (χ3n) is 3.63. The average molecular weight is 312 g/mol. The third kappa shape index (κ3) is 3.81. The Morgan fingerprint density at radius 3 is 2.67 bits per heavy atom. The summed E-state index contributed by atoms with van der Waals surface area (Å²) < 4.78 is 6.84. The van der Waals surface area contributed by atoms with E-state index in [1.165, 1.54) is 12.0 Å². The molecule has 1 fully saturated rings. The number of rotatable bonds is 5. The molecule has 3 atom stereocenters. The molecule has 1 aromatic rings. The minimum atomic E-state index is 0.418. The minimum absolute atomic E-state index is 0.418. The van der Waals surface area contributed by atoms with Gasteiger partial charge in [0.1, 0.15) is 0 Å². The molecule has 1 aliphatic heterocycles. The van der Waals surface area contributed by atoms with Gasteiger partial charge in [-0.15, -0.1) is 0 Å². The maximum atomic E-state index is 5.70. The van der Waals surface area contributed by atoms with Gasteiger partial charge in [0, 0.05) is 16.4 Å². The van der Waals surface area contributed by atoms with E-state index >= 15 is 0 Å². The second kappa shape index (κ2) is 6.69. The van der Waals surface area contributed by atoms with Crippen molar-refractivity contribution >= 4 is 15.9 Å². The number of ether oxygens (including phenoxy) is 1. The zero-order chi connectivity index (χ0) is 13.0. The highest BCUT2D eigenvalue weighted by Gasteiger charge is 2.29. The maximum Gasteiger partial charge on any atom is 0.0551 e. The quantitative estimate of drug-likeness (QED) is 0.900. The predicted molar refractivity (Wildman–Crippen MR) is 78.8 cm³/mol. The summed E-state index contributed by atoms with van der Waals surface area (Å²) in [6.45, 7) is 6.26. The van der Waals surface area contributed by atoms with Crippen LogP contribution in [0.15, 0.2) is 28.7 Å². The number of hydrogen-bond donors (Lipinski definition) is 1. The number of nitrogens with one attached hydrogen (secondary N) is 1. The topological polar surface area (TPSA) is 21.3 Å². The Kier molecular flexibility index (Phi) is 5.22. The molecule has 0 amide bonds. The van der Waals surface area contributed by atoms with Crippen LogP contribution in [0.3, 0.4) is 0 Å². The summed E-state index contributed by atoms with van der Waals surface area (Å²) in [7, 11) is 0. The Morgan fingerprint density at radius 2 is 2.11 bits per heavy atom. The Bertz CT molecular complexity index is 365. The van der Waals surface area contributed by atoms with Crippen LogP contribution in [-0.2, 0) is 11.2 Å². The predicted octanol–water partition coefficient (Wildman–Crippen LogP) is 3.39. The second-order valence-corrected chi connectivity index (χ2v) is 6.05. The molecule has 1 N–H and O–H groups in total. The molecule has 0 bridgehead atoms. The van der Waals surface area contributed by atoms with Crippen LogP contribution in [0.25, 0.3) is 0 Å². The number of halogens is 1. The molecule has 1 saturated heterocycles. The smallest absolute Gasteiger partial charge is 0.0551 e. The van der Waals surface area contributed by atoms with Crippen LogP contribution in [0.4, 0.5) is 0 Å². The summed E-state index contributed by atoms with van der Waals surface area (Å²) in [5.74, 6) is 0.642. The molecule has 3 unspecified atom stereocenters. The highest BCUT2D eigenvalue weighted by atomic mass is 79.9. The van der Waals surface area contributed by atoms with E-state index in [0.29, 0.717) is 18.1 Å². The van der Waals surface area contributed by atoms with Gasteiger partial charge in [0.15, 0.2) is 0 Å². The van der Waals surface area contributed by atoms with Crippen molar-refractivity contribution in [2.75, 3.05) is 13.2 Å². The Labute approximate surface area is 118 Å². The molecule has 2 nitrogen and oxygen atoms in total. The van der Waals surface area contributed by atoms with E-state index in [1.807, 2.05) is 0 Å². The molecular weight excluding hydrogens is 290 g/mol. The van der Waals surface area contributed by atoms with Gasteiger partial charge in [0.25, 0.3) is 0 Å². The standard InChI is InChI=1S/C15H22BrNO/c1-3-17-15(13-8-11(2)18-10-13)9-12-4-6-14(16)7-5-12/h4-7,11,13,15,17H,3,8-10H2,1-2H3. The lowest BCUT2D eigenvalue weighted by Gasteiger charge is -2.23. The molecule has 0 radical (unpaired) electrons. The van der Waals surface area contributed by atoms with Gasteiger partial charge in [-0.3, -0.25) is 0 Å². The molecule has 0 aromatic heterocycles. The first-order valence-corrected chi connectivity index (χ1v) is 7.57. The van der Waals surface area contributed by atoms with Crippen molar-refractivity contribution in [2.24, 2.45) is 5.92 Å². The van der Waals surface area contributed by atoms with Crippen LogP contribution in [-0.4, -0.2) is 25.3 Å². The van der Waals surface area contributed by atoms with Gasteiger partial charge in [-0.25, -0.2) is 0 Å². The highest BCUT2D eigenvalue weighted by molar-refractivity contribution is 9.10. The van der Waals surface area contributed by atoms with Crippen molar-refractivity contribution in [1.82, 2.24) is 5.32 Å². The van der Waals surface area contributed by atoms with Gasteiger partial charge in [0.05, 0.1) is 12.7 Å². The van der Waals surface area contributed by atoms with Gasteiger partial charge in [-0.2, -0.15) is 0 Å². The second-order valence-electron chi connectivity index (χ2n) is 5.13. The highest BCUT2D eigenvalue weighted by Crippen LogP contribution is 2.24. The summed E-state index contributed by atoms with van der Waals surface area (Å²) in [6.07, 6.45) is 2.68. The van der Waals surface area contributed by atoms with Crippen molar-refractivity contribution < 1.29 is 4.74 Å². The molecule has 18 heavy (non-hydrogen) atoms. The van der Waals surface area contributed by atoms with Crippen LogP contribution in [0.2, 0.25) is 0 Å². The lowest BCUT2D eigenvalue weighted by molar-refractivity contribution is 0.117. The molecular formula is C15H22BrNO. The Morgan fingerprint density at radius 1 is 1.39 bits per heavy atom. The molecule has 1 aromatic carbocycles. The van der Waals surface area contributed by atoms with Gasteiger partial charge < -0.3 is 10.1 Å². The molecule has 0 aliphatic carbocycles. The van der Waals surface area contributed by atoms with E-state index < -0.39 is 0 Å². The molecule has 0 saturated carbocycles. The summed E-state index contributed by atoms with van der Waals surface area (Å²) in [5, 5.41) is 3.62. The van der Waals surface area contributed by atoms with E-state index in [9.17, 15) is 0 Å². The number of likely N-dealkylation sites (N-methyl/N-ethyl adjacent to an activating group) is 1. The van der Waals surface area contributed by atoms with Crippen molar-refractivity contribution in [3.63, 3.8) is 0 Å². The first-order chi connectivity index (χ1) is 8.69. The normalized spacial score (nSPS) is 25.3. The van der Waals surface area contributed by atoms with E-state index in [2.05, 4.69) is 59.4 Å². The van der Waals surface area contributed by atoms with Crippen LogP contribution in [0, 0.1) is 5.92 Å². The summed E-state index contributed by atoms with van der Waals surface area (Å²) in [5.41, 5.74) is 1.39. The first-order valence-electron chi connectivity index (χ1n) is 6.78. The molecule has 2 rings (SSSR count). The van der Waals surface area contributed by atoms with Gasteiger partial charge in [0.2, 0.25) is 0 Å². The van der Waals surface area contributed by atoms with Crippen molar-refractivity contribution in [1.29, 1.82) is 0 Å². The van der Waals surface area contributed by atoms with E-state index in [1.54, 1.807) is 0 Å². The SMILES string of the molecule is CCNC(Cc1ccc(Br)cc1)C1COC(C)C1. The lowest BCUT2D eigenvalue weighted by atomic mass is 9.91. The summed E-state index contributed by atoms with van der Waals surface area (Å²) >= 11 is 3.48. The molecule has 1 heterocycles. The lowest BCUT2D eigenvalue weighted by Crippen LogP contribution is -2.38. The summed E-state index contributed by atoms with van der Waals surface area (Å²) in [4.78, 5) is 0. The fourth-order valence-corrected chi connectivity index (χ4v) is 2.94. The number of hydrogen-bond acceptors (Lipinski definition) is 2. The largest absolute Gasteiger partial charge is 0.378 e. The van der Waals surface area contributed by atoms with Crippen LogP contribution in [0.5, 0.6) is 0 Å². The van der Waals surface area contributed by atoms with Crippen molar-refractivity contribution in [3.05, 3.63) is 34.3 Å². The van der Waals surface area contributed by atoms with E-state index in [4.69, 9.17) is 4.74 Å². The monoisotopic (exact) mass is 311 g/mol. The minimum Gasteiger partial charge on any atom is -0.378 e. The molecule has 100 valence electrons. The fraction of sp³-hybridized carbons (Fsp3) is 0.600. The Balaban J connectivity index is 1.99. The maximum absolute atomic E-state index is 5.70.